The lowest BCUT2D eigenvalue weighted by Crippen LogP contribution is -2.43. The minimum absolute atomic E-state index is 0.0702. The lowest BCUT2D eigenvalue weighted by molar-refractivity contribution is -0.0436. The van der Waals surface area contributed by atoms with Crippen molar-refractivity contribution in [2.24, 2.45) is 0 Å². The van der Waals surface area contributed by atoms with Crippen LogP contribution in [-0.4, -0.2) is 72.2 Å². The van der Waals surface area contributed by atoms with Crippen LogP contribution in [0.3, 0.4) is 0 Å². The Morgan fingerprint density at radius 2 is 1.71 bits per heavy atom. The fourth-order valence-electron chi connectivity index (χ4n) is 3.78. The molecular formula is C21H22F3N5O7S2. The summed E-state index contributed by atoms with van der Waals surface area (Å²) in [5.41, 5.74) is -5.88. The minimum Gasteiger partial charge on any atom is -0.493 e. The smallest absolute Gasteiger partial charge is 0.493 e. The van der Waals surface area contributed by atoms with Crippen LogP contribution in [-0.2, 0) is 31.3 Å². The van der Waals surface area contributed by atoms with Gasteiger partial charge >= 0.3 is 21.4 Å². The number of hydrogen-bond acceptors (Lipinski definition) is 8. The summed E-state index contributed by atoms with van der Waals surface area (Å²) in [7, 11) is -9.55. The van der Waals surface area contributed by atoms with Gasteiger partial charge < -0.3 is 9.84 Å². The van der Waals surface area contributed by atoms with Crippen molar-refractivity contribution in [3.05, 3.63) is 64.5 Å². The van der Waals surface area contributed by atoms with Gasteiger partial charge in [-0.05, 0) is 42.8 Å². The number of imidazole rings is 1. The normalized spacial score (nSPS) is 15.5. The third-order valence-corrected chi connectivity index (χ3v) is 8.89. The predicted molar refractivity (Wildman–Crippen MR) is 128 cm³/mol. The Morgan fingerprint density at radius 1 is 1.08 bits per heavy atom. The van der Waals surface area contributed by atoms with Crippen LogP contribution < -0.4 is 10.4 Å². The molecular weight excluding hydrogens is 555 g/mol. The molecule has 12 nitrogen and oxygen atoms in total. The highest BCUT2D eigenvalue weighted by Crippen LogP contribution is 2.31. The molecule has 1 saturated heterocycles. The number of rotatable bonds is 7. The van der Waals surface area contributed by atoms with Crippen LogP contribution in [0.4, 0.5) is 18.9 Å². The fraction of sp³-hybridized carbons (Fsp3) is 0.333. The Hall–Kier alpha value is -3.41. The van der Waals surface area contributed by atoms with Crippen molar-refractivity contribution in [3.63, 3.8) is 0 Å². The highest BCUT2D eigenvalue weighted by atomic mass is 32.2. The molecule has 0 saturated carbocycles. The van der Waals surface area contributed by atoms with Gasteiger partial charge in [-0.25, -0.2) is 17.8 Å². The third-order valence-electron chi connectivity index (χ3n) is 5.86. The van der Waals surface area contributed by atoms with Gasteiger partial charge in [0.2, 0.25) is 5.88 Å². The lowest BCUT2D eigenvalue weighted by Gasteiger charge is -2.26. The number of benzene rings is 1. The topological polar surface area (TPSA) is 153 Å². The summed E-state index contributed by atoms with van der Waals surface area (Å²) in [5, 5.41) is 10.6. The molecule has 2 aromatic heterocycles. The second-order valence-corrected chi connectivity index (χ2v) is 11.8. The first-order valence-electron chi connectivity index (χ1n) is 11.0. The first-order chi connectivity index (χ1) is 17.7. The van der Waals surface area contributed by atoms with E-state index in [4.69, 9.17) is 4.74 Å². The Bertz CT molecular complexity index is 1610. The molecule has 1 aliphatic heterocycles. The molecule has 17 heteroatoms. The third kappa shape index (κ3) is 5.13. The van der Waals surface area contributed by atoms with E-state index in [1.54, 1.807) is 0 Å². The first-order valence-corrected chi connectivity index (χ1v) is 13.9. The van der Waals surface area contributed by atoms with Gasteiger partial charge in [0.05, 0.1) is 47.9 Å². The van der Waals surface area contributed by atoms with Gasteiger partial charge in [0.25, 0.3) is 9.84 Å². The molecule has 0 spiro atoms. The van der Waals surface area contributed by atoms with Gasteiger partial charge in [0.1, 0.15) is 0 Å². The van der Waals surface area contributed by atoms with Gasteiger partial charge in [-0.2, -0.15) is 25.9 Å². The average molecular weight is 578 g/mol. The molecule has 0 amide bonds. The quantitative estimate of drug-likeness (QED) is 0.427. The zero-order valence-corrected chi connectivity index (χ0v) is 21.3. The number of pyridine rings is 1. The summed E-state index contributed by atoms with van der Waals surface area (Å²) in [4.78, 5) is 16.1. The van der Waals surface area contributed by atoms with Gasteiger partial charge in [-0.3, -0.25) is 14.3 Å². The number of aromatic hydroxyl groups is 1. The Balaban J connectivity index is 1.66. The van der Waals surface area contributed by atoms with Crippen molar-refractivity contribution in [2.45, 2.75) is 23.9 Å². The summed E-state index contributed by atoms with van der Waals surface area (Å²) in [5.74, 6) is -0.536. The van der Waals surface area contributed by atoms with Crippen LogP contribution in [0.1, 0.15) is 11.3 Å². The van der Waals surface area contributed by atoms with E-state index in [0.29, 0.717) is 17.7 Å². The van der Waals surface area contributed by atoms with Crippen LogP contribution >= 0.6 is 0 Å². The number of anilines is 1. The molecule has 0 atom stereocenters. The number of nitrogens with one attached hydrogen (secondary N) is 1. The standard InChI is InChI=1S/C21H22F3N5O7S2/c1-14-19(30)29(16-2-4-17(5-3-16)37(32,33)21(22,23)24)20(31)28(14)13-15-6-7-25-12-18(15)26-38(34,35)27-8-10-36-11-9-27/h2-7,12,26,30H,8-11,13H2,1H3. The van der Waals surface area contributed by atoms with E-state index in [9.17, 15) is 39.9 Å². The highest BCUT2D eigenvalue weighted by Gasteiger charge is 2.46. The van der Waals surface area contributed by atoms with Gasteiger partial charge in [0.15, 0.2) is 0 Å². The summed E-state index contributed by atoms with van der Waals surface area (Å²) >= 11 is 0. The number of aromatic nitrogens is 3. The van der Waals surface area contributed by atoms with Gasteiger partial charge in [-0.15, -0.1) is 0 Å². The van der Waals surface area contributed by atoms with E-state index in [1.807, 2.05) is 0 Å². The summed E-state index contributed by atoms with van der Waals surface area (Å²) in [6.07, 6.45) is 2.66. The second-order valence-electron chi connectivity index (χ2n) is 8.21. The summed E-state index contributed by atoms with van der Waals surface area (Å²) in [6.45, 7) is 2.01. The molecule has 0 aliphatic carbocycles. The van der Waals surface area contributed by atoms with Crippen LogP contribution in [0.2, 0.25) is 0 Å². The van der Waals surface area contributed by atoms with Gasteiger partial charge in [-0.1, -0.05) is 0 Å². The second kappa shape index (κ2) is 10.0. The number of morpholine rings is 1. The fourth-order valence-corrected chi connectivity index (χ4v) is 5.76. The van der Waals surface area contributed by atoms with Crippen LogP contribution in [0.25, 0.3) is 5.69 Å². The molecule has 1 aliphatic rings. The molecule has 0 unspecified atom stereocenters. The number of alkyl halides is 3. The van der Waals surface area contributed by atoms with Crippen molar-refractivity contribution >= 4 is 25.7 Å². The maximum absolute atomic E-state index is 13.2. The molecule has 2 N–H and O–H groups in total. The molecule has 38 heavy (non-hydrogen) atoms. The monoisotopic (exact) mass is 577 g/mol. The Labute approximate surface area is 215 Å². The Morgan fingerprint density at radius 3 is 2.32 bits per heavy atom. The molecule has 3 heterocycles. The largest absolute Gasteiger partial charge is 0.501 e. The van der Waals surface area contributed by atoms with E-state index in [-0.39, 0.29) is 49.9 Å². The van der Waals surface area contributed by atoms with E-state index in [2.05, 4.69) is 9.71 Å². The number of nitrogens with zero attached hydrogens (tertiary/aromatic N) is 4. The molecule has 206 valence electrons. The minimum atomic E-state index is -5.59. The maximum Gasteiger partial charge on any atom is 0.501 e. The van der Waals surface area contributed by atoms with Crippen molar-refractivity contribution in [2.75, 3.05) is 31.0 Å². The van der Waals surface area contributed by atoms with E-state index >= 15 is 0 Å². The van der Waals surface area contributed by atoms with E-state index in [1.165, 1.54) is 29.7 Å². The molecule has 0 radical (unpaired) electrons. The van der Waals surface area contributed by atoms with Crippen molar-refractivity contribution in [3.8, 4) is 11.6 Å². The molecule has 3 aromatic rings. The number of halogens is 3. The lowest BCUT2D eigenvalue weighted by atomic mass is 10.2. The van der Waals surface area contributed by atoms with Crippen molar-refractivity contribution in [1.82, 2.24) is 18.4 Å². The summed E-state index contributed by atoms with van der Waals surface area (Å²) < 4.78 is 98.1. The SMILES string of the molecule is Cc1c(O)n(-c2ccc(S(=O)(=O)C(F)(F)F)cc2)c(=O)n1Cc1ccncc1NS(=O)(=O)N1CCOCC1. The van der Waals surface area contributed by atoms with Gasteiger partial charge in [0, 0.05) is 19.3 Å². The average Bonchev–Trinajstić information content (AvgIpc) is 3.08. The van der Waals surface area contributed by atoms with Crippen LogP contribution in [0.15, 0.2) is 52.4 Å². The Kier molecular flexibility index (Phi) is 7.30. The van der Waals surface area contributed by atoms with Crippen LogP contribution in [0.5, 0.6) is 5.88 Å². The summed E-state index contributed by atoms with van der Waals surface area (Å²) in [6, 6.07) is 4.75. The zero-order valence-electron chi connectivity index (χ0n) is 19.7. The van der Waals surface area contributed by atoms with Crippen LogP contribution in [0, 0.1) is 6.92 Å². The number of ether oxygens (including phenoxy) is 1. The molecule has 1 aromatic carbocycles. The van der Waals surface area contributed by atoms with E-state index in [0.717, 1.165) is 21.3 Å². The number of hydrogen-bond donors (Lipinski definition) is 2. The molecule has 0 bridgehead atoms. The molecule has 1 fully saturated rings. The first kappa shape index (κ1) is 27.6. The zero-order chi connectivity index (χ0) is 27.9. The number of sulfone groups is 1. The highest BCUT2D eigenvalue weighted by molar-refractivity contribution is 7.92. The predicted octanol–water partition coefficient (Wildman–Crippen LogP) is 1.38. The van der Waals surface area contributed by atoms with E-state index < -0.39 is 42.0 Å². The van der Waals surface area contributed by atoms with Crippen molar-refractivity contribution in [1.29, 1.82) is 0 Å². The maximum atomic E-state index is 13.2. The molecule has 4 rings (SSSR count). The van der Waals surface area contributed by atoms with Crippen molar-refractivity contribution < 1.29 is 39.9 Å².